The zero-order chi connectivity index (χ0) is 16.7. The van der Waals surface area contributed by atoms with Gasteiger partial charge in [0.1, 0.15) is 5.75 Å². The number of carbonyl (C=O) groups excluding carboxylic acids is 2. The van der Waals surface area contributed by atoms with Crippen molar-refractivity contribution in [2.75, 3.05) is 11.7 Å². The third-order valence-corrected chi connectivity index (χ3v) is 4.47. The molecule has 7 heteroatoms. The number of nitrogens with zero attached hydrogens (tertiary/aromatic N) is 1. The van der Waals surface area contributed by atoms with Crippen LogP contribution in [0.5, 0.6) is 17.2 Å². The average Bonchev–Trinajstić information content (AvgIpc) is 3.13. The number of imide groups is 1. The van der Waals surface area contributed by atoms with Crippen molar-refractivity contribution >= 4 is 34.7 Å². The topological polar surface area (TPSA) is 76.1 Å². The highest BCUT2D eigenvalue weighted by molar-refractivity contribution is 8.19. The van der Waals surface area contributed by atoms with E-state index in [9.17, 15) is 14.7 Å². The highest BCUT2D eigenvalue weighted by atomic mass is 32.2. The molecule has 0 spiro atoms. The number of rotatable bonds is 2. The summed E-state index contributed by atoms with van der Waals surface area (Å²) in [6.07, 6.45) is 1.65. The van der Waals surface area contributed by atoms with Crippen molar-refractivity contribution in [3.8, 4) is 17.2 Å². The number of fused-ring (bicyclic) bond motifs is 1. The van der Waals surface area contributed by atoms with E-state index >= 15 is 0 Å². The van der Waals surface area contributed by atoms with Crippen LogP contribution in [0.15, 0.2) is 47.4 Å². The first-order chi connectivity index (χ1) is 11.6. The van der Waals surface area contributed by atoms with Crippen LogP contribution < -0.4 is 14.4 Å². The second kappa shape index (κ2) is 5.61. The first-order valence-corrected chi connectivity index (χ1v) is 7.90. The molecule has 2 amide bonds. The Morgan fingerprint density at radius 3 is 2.58 bits per heavy atom. The number of thioether (sulfide) groups is 1. The summed E-state index contributed by atoms with van der Waals surface area (Å²) in [6.45, 7) is 0.177. The van der Waals surface area contributed by atoms with Gasteiger partial charge < -0.3 is 14.6 Å². The highest BCUT2D eigenvalue weighted by Crippen LogP contribution is 2.38. The predicted molar refractivity (Wildman–Crippen MR) is 89.1 cm³/mol. The smallest absolute Gasteiger partial charge is 0.298 e. The third kappa shape index (κ3) is 2.48. The van der Waals surface area contributed by atoms with E-state index < -0.39 is 5.91 Å². The molecular weight excluding hydrogens is 330 g/mol. The zero-order valence-corrected chi connectivity index (χ0v) is 13.1. The Bertz CT molecular complexity index is 875. The van der Waals surface area contributed by atoms with Crippen LogP contribution in [0.3, 0.4) is 0 Å². The van der Waals surface area contributed by atoms with Crippen LogP contribution in [-0.4, -0.2) is 23.0 Å². The third-order valence-electron chi connectivity index (χ3n) is 3.60. The first kappa shape index (κ1) is 14.6. The minimum absolute atomic E-state index is 0.0709. The number of hydrogen-bond donors (Lipinski definition) is 1. The lowest BCUT2D eigenvalue weighted by molar-refractivity contribution is -0.113. The van der Waals surface area contributed by atoms with Gasteiger partial charge in [0, 0.05) is 0 Å². The standard InChI is InChI=1S/C17H11NO5S/c19-12-4-2-11(3-5-12)18-16(20)15(24-17(18)21)8-10-1-6-13-14(7-10)23-9-22-13/h1-8,19H,9H2/b15-8-. The van der Waals surface area contributed by atoms with E-state index in [4.69, 9.17) is 9.47 Å². The molecule has 0 atom stereocenters. The van der Waals surface area contributed by atoms with Gasteiger partial charge in [0.2, 0.25) is 6.79 Å². The summed E-state index contributed by atoms with van der Waals surface area (Å²) in [4.78, 5) is 26.1. The van der Waals surface area contributed by atoms with E-state index in [1.807, 2.05) is 0 Å². The summed E-state index contributed by atoms with van der Waals surface area (Å²) in [6, 6.07) is 11.2. The van der Waals surface area contributed by atoms with Crippen molar-refractivity contribution < 1.29 is 24.2 Å². The van der Waals surface area contributed by atoms with Crippen LogP contribution in [-0.2, 0) is 4.79 Å². The lowest BCUT2D eigenvalue weighted by Crippen LogP contribution is -2.27. The summed E-state index contributed by atoms with van der Waals surface area (Å²) in [5.74, 6) is 0.945. The predicted octanol–water partition coefficient (Wildman–Crippen LogP) is 3.36. The number of phenolic OH excluding ortho intramolecular Hbond substituents is 1. The van der Waals surface area contributed by atoms with Crippen molar-refractivity contribution in [1.29, 1.82) is 0 Å². The molecule has 0 aromatic heterocycles. The van der Waals surface area contributed by atoms with Crippen molar-refractivity contribution in [2.24, 2.45) is 0 Å². The molecule has 1 fully saturated rings. The number of anilines is 1. The fourth-order valence-electron chi connectivity index (χ4n) is 2.45. The lowest BCUT2D eigenvalue weighted by atomic mass is 10.2. The molecule has 24 heavy (non-hydrogen) atoms. The Balaban J connectivity index is 1.64. The molecule has 2 aliphatic rings. The lowest BCUT2D eigenvalue weighted by Gasteiger charge is -2.12. The second-order valence-electron chi connectivity index (χ2n) is 5.15. The van der Waals surface area contributed by atoms with Crippen molar-refractivity contribution in [1.82, 2.24) is 0 Å². The second-order valence-corrected chi connectivity index (χ2v) is 6.14. The molecule has 2 heterocycles. The maximum atomic E-state index is 12.5. The quantitative estimate of drug-likeness (QED) is 0.844. The molecule has 0 radical (unpaired) electrons. The molecule has 0 saturated carbocycles. The summed E-state index contributed by atoms with van der Waals surface area (Å²) < 4.78 is 10.6. The van der Waals surface area contributed by atoms with Gasteiger partial charge in [-0.25, -0.2) is 4.90 Å². The average molecular weight is 341 g/mol. The molecule has 0 bridgehead atoms. The van der Waals surface area contributed by atoms with E-state index in [0.717, 1.165) is 22.2 Å². The molecule has 4 rings (SSSR count). The molecule has 1 N–H and O–H groups in total. The number of carbonyl (C=O) groups is 2. The Labute approximate surface area is 141 Å². The monoisotopic (exact) mass is 341 g/mol. The van der Waals surface area contributed by atoms with Gasteiger partial charge in [-0.05, 0) is 59.8 Å². The maximum Gasteiger partial charge on any atom is 0.298 e. The van der Waals surface area contributed by atoms with Crippen molar-refractivity contribution in [3.63, 3.8) is 0 Å². The summed E-state index contributed by atoms with van der Waals surface area (Å²) in [5, 5.41) is 8.95. The molecule has 1 saturated heterocycles. The summed E-state index contributed by atoms with van der Waals surface area (Å²) in [7, 11) is 0. The fourth-order valence-corrected chi connectivity index (χ4v) is 3.29. The molecule has 2 aromatic rings. The SMILES string of the molecule is O=C1S/C(=C\c2ccc3c(c2)OCO3)C(=O)N1c1ccc(O)cc1. The number of ether oxygens (including phenoxy) is 2. The van der Waals surface area contributed by atoms with E-state index in [2.05, 4.69) is 0 Å². The van der Waals surface area contributed by atoms with Gasteiger partial charge in [0.05, 0.1) is 10.6 Å². The van der Waals surface area contributed by atoms with Crippen LogP contribution in [0.1, 0.15) is 5.56 Å². The highest BCUT2D eigenvalue weighted by Gasteiger charge is 2.36. The van der Waals surface area contributed by atoms with Crippen LogP contribution >= 0.6 is 11.8 Å². The van der Waals surface area contributed by atoms with Crippen molar-refractivity contribution in [3.05, 3.63) is 52.9 Å². The number of phenols is 1. The number of aromatic hydroxyl groups is 1. The van der Waals surface area contributed by atoms with Gasteiger partial charge in [-0.2, -0.15) is 0 Å². The van der Waals surface area contributed by atoms with Crippen LogP contribution in [0, 0.1) is 0 Å². The Morgan fingerprint density at radius 1 is 1.04 bits per heavy atom. The normalized spacial score (nSPS) is 17.8. The number of hydrogen-bond acceptors (Lipinski definition) is 6. The van der Waals surface area contributed by atoms with Crippen LogP contribution in [0.2, 0.25) is 0 Å². The van der Waals surface area contributed by atoms with Gasteiger partial charge in [0.25, 0.3) is 11.1 Å². The Hall–Kier alpha value is -2.93. The molecule has 6 nitrogen and oxygen atoms in total. The van der Waals surface area contributed by atoms with Crippen LogP contribution in [0.25, 0.3) is 6.08 Å². The van der Waals surface area contributed by atoms with Gasteiger partial charge in [-0.15, -0.1) is 0 Å². The van der Waals surface area contributed by atoms with E-state index in [0.29, 0.717) is 22.1 Å². The van der Waals surface area contributed by atoms with Gasteiger partial charge in [-0.3, -0.25) is 9.59 Å². The molecule has 0 aliphatic carbocycles. The number of benzene rings is 2. The summed E-state index contributed by atoms with van der Waals surface area (Å²) in [5.41, 5.74) is 1.17. The van der Waals surface area contributed by atoms with E-state index in [1.54, 1.807) is 24.3 Å². The Kier molecular flexibility index (Phi) is 3.42. The molecule has 2 aliphatic heterocycles. The van der Waals surface area contributed by atoms with Gasteiger partial charge in [0.15, 0.2) is 11.5 Å². The maximum absolute atomic E-state index is 12.5. The molecule has 120 valence electrons. The zero-order valence-electron chi connectivity index (χ0n) is 12.3. The first-order valence-electron chi connectivity index (χ1n) is 7.08. The van der Waals surface area contributed by atoms with Crippen LogP contribution in [0.4, 0.5) is 10.5 Å². The van der Waals surface area contributed by atoms with Gasteiger partial charge >= 0.3 is 0 Å². The Morgan fingerprint density at radius 2 is 1.79 bits per heavy atom. The molecule has 0 unspecified atom stereocenters. The fraction of sp³-hybridized carbons (Fsp3) is 0.0588. The minimum Gasteiger partial charge on any atom is -0.508 e. The minimum atomic E-state index is -0.395. The van der Waals surface area contributed by atoms with E-state index in [-0.39, 0.29) is 17.8 Å². The molecule has 2 aromatic carbocycles. The number of amides is 2. The van der Waals surface area contributed by atoms with Crippen molar-refractivity contribution in [2.45, 2.75) is 0 Å². The van der Waals surface area contributed by atoms with Gasteiger partial charge in [-0.1, -0.05) is 6.07 Å². The van der Waals surface area contributed by atoms with E-state index in [1.165, 1.54) is 24.3 Å². The summed E-state index contributed by atoms with van der Waals surface area (Å²) >= 11 is 0.873. The molecular formula is C17H11NO5S. The largest absolute Gasteiger partial charge is 0.508 e.